The Morgan fingerprint density at radius 3 is 2.31 bits per heavy atom. The summed E-state index contributed by atoms with van der Waals surface area (Å²) in [7, 11) is 1.77. The number of imide groups is 1. The van der Waals surface area contributed by atoms with Crippen molar-refractivity contribution in [3.05, 3.63) is 71.8 Å². The Bertz CT molecular complexity index is 809. The summed E-state index contributed by atoms with van der Waals surface area (Å²) in [5.74, 6) is -0.135. The summed E-state index contributed by atoms with van der Waals surface area (Å²) in [6.07, 6.45) is 2.65. The molecule has 1 aliphatic heterocycles. The van der Waals surface area contributed by atoms with Crippen LogP contribution in [0.3, 0.4) is 0 Å². The highest BCUT2D eigenvalue weighted by atomic mass is 16.2. The van der Waals surface area contributed by atoms with Crippen molar-refractivity contribution in [1.82, 2.24) is 15.1 Å². The Kier molecular flexibility index (Phi) is 7.04. The quantitative estimate of drug-likeness (QED) is 0.725. The van der Waals surface area contributed by atoms with E-state index >= 15 is 0 Å². The maximum absolute atomic E-state index is 13.6. The molecule has 0 unspecified atom stereocenters. The van der Waals surface area contributed by atoms with Crippen LogP contribution in [0.1, 0.15) is 50.3 Å². The van der Waals surface area contributed by atoms with Crippen molar-refractivity contribution in [3.63, 3.8) is 0 Å². The largest absolute Gasteiger partial charge is 0.327 e. The van der Waals surface area contributed by atoms with Crippen LogP contribution in [-0.2, 0) is 11.3 Å². The molecule has 154 valence electrons. The van der Waals surface area contributed by atoms with Gasteiger partial charge in [-0.15, -0.1) is 0 Å². The van der Waals surface area contributed by atoms with Crippen LogP contribution in [0.2, 0.25) is 0 Å². The number of benzene rings is 2. The Hall–Kier alpha value is -2.66. The first-order valence-electron chi connectivity index (χ1n) is 10.5. The van der Waals surface area contributed by atoms with Gasteiger partial charge < -0.3 is 10.2 Å². The van der Waals surface area contributed by atoms with Crippen LogP contribution in [0.25, 0.3) is 0 Å². The van der Waals surface area contributed by atoms with Crippen molar-refractivity contribution in [2.24, 2.45) is 0 Å². The molecular weight excluding hydrogens is 362 g/mol. The highest BCUT2D eigenvalue weighted by Crippen LogP contribution is 2.35. The van der Waals surface area contributed by atoms with Crippen LogP contribution in [0.4, 0.5) is 4.79 Å². The normalized spacial score (nSPS) is 20.2. The van der Waals surface area contributed by atoms with Crippen LogP contribution < -0.4 is 5.32 Å². The molecule has 0 radical (unpaired) electrons. The fourth-order valence-electron chi connectivity index (χ4n) is 3.93. The summed E-state index contributed by atoms with van der Waals surface area (Å²) in [6.45, 7) is 4.72. The summed E-state index contributed by atoms with van der Waals surface area (Å²) < 4.78 is 0. The molecule has 1 fully saturated rings. The van der Waals surface area contributed by atoms with E-state index in [0.29, 0.717) is 13.0 Å². The lowest BCUT2D eigenvalue weighted by atomic mass is 9.99. The molecule has 0 aromatic heterocycles. The van der Waals surface area contributed by atoms with Crippen molar-refractivity contribution in [2.45, 2.75) is 57.8 Å². The fraction of sp³-hybridized carbons (Fsp3) is 0.417. The first-order chi connectivity index (χ1) is 14.0. The second kappa shape index (κ2) is 9.70. The number of nitrogens with one attached hydrogen (secondary N) is 1. The van der Waals surface area contributed by atoms with Gasteiger partial charge in [0.15, 0.2) is 0 Å². The van der Waals surface area contributed by atoms with Crippen molar-refractivity contribution in [2.75, 3.05) is 7.05 Å². The smallest absolute Gasteiger partial charge is 0.322 e. The van der Waals surface area contributed by atoms with E-state index in [-0.39, 0.29) is 30.1 Å². The first kappa shape index (κ1) is 21.1. The van der Waals surface area contributed by atoms with Crippen LogP contribution in [-0.4, -0.2) is 40.9 Å². The molecule has 3 amide bonds. The van der Waals surface area contributed by atoms with Gasteiger partial charge in [0, 0.05) is 13.6 Å². The van der Waals surface area contributed by atoms with E-state index in [9.17, 15) is 9.59 Å². The third kappa shape index (κ3) is 4.67. The van der Waals surface area contributed by atoms with Crippen molar-refractivity contribution in [3.8, 4) is 0 Å². The van der Waals surface area contributed by atoms with Gasteiger partial charge in [-0.3, -0.25) is 9.69 Å². The van der Waals surface area contributed by atoms with Crippen LogP contribution >= 0.6 is 0 Å². The molecule has 3 rings (SSSR count). The number of nitrogens with zero attached hydrogens (tertiary/aromatic N) is 2. The zero-order valence-electron chi connectivity index (χ0n) is 17.5. The Labute approximate surface area is 173 Å². The zero-order chi connectivity index (χ0) is 20.8. The zero-order valence-corrected chi connectivity index (χ0v) is 17.5. The molecule has 0 saturated carbocycles. The number of rotatable bonds is 8. The number of hydrogen-bond acceptors (Lipinski definition) is 3. The molecule has 1 saturated heterocycles. The Balaban J connectivity index is 1.84. The van der Waals surface area contributed by atoms with Crippen LogP contribution in [0.15, 0.2) is 60.7 Å². The molecule has 1 N–H and O–H groups in total. The van der Waals surface area contributed by atoms with E-state index in [1.807, 2.05) is 67.6 Å². The summed E-state index contributed by atoms with van der Waals surface area (Å²) in [4.78, 5) is 29.7. The van der Waals surface area contributed by atoms with Crippen molar-refractivity contribution < 1.29 is 9.59 Å². The topological polar surface area (TPSA) is 52.7 Å². The van der Waals surface area contributed by atoms with Gasteiger partial charge in [0.1, 0.15) is 0 Å². The third-order valence-corrected chi connectivity index (χ3v) is 5.77. The van der Waals surface area contributed by atoms with Gasteiger partial charge in [-0.2, -0.15) is 0 Å². The maximum Gasteiger partial charge on any atom is 0.327 e. The lowest BCUT2D eigenvalue weighted by Crippen LogP contribution is -2.48. The minimum atomic E-state index is -0.385. The lowest BCUT2D eigenvalue weighted by Gasteiger charge is -2.28. The summed E-state index contributed by atoms with van der Waals surface area (Å²) in [5, 5.41) is 3.41. The molecule has 1 heterocycles. The SMILES string of the molecule is CCCC[C@@H](NCc1ccccc1)C(=O)N1C(=O)N(C)[C@@H](C)[C@H]1c1ccccc1. The number of hydrogen-bond donors (Lipinski definition) is 1. The summed E-state index contributed by atoms with van der Waals surface area (Å²) >= 11 is 0. The number of unbranched alkanes of at least 4 members (excludes halogenated alkanes) is 1. The molecule has 29 heavy (non-hydrogen) atoms. The van der Waals surface area contributed by atoms with Crippen molar-refractivity contribution >= 4 is 11.9 Å². The monoisotopic (exact) mass is 393 g/mol. The standard InChI is InChI=1S/C24H31N3O2/c1-4-5-16-21(25-17-19-12-8-6-9-13-19)23(28)27-22(18(2)26(3)24(27)29)20-14-10-7-11-15-20/h6-15,18,21-22,25H,4-5,16-17H2,1-3H3/t18-,21+,22-/m0/s1. The second-order valence-electron chi connectivity index (χ2n) is 7.76. The highest BCUT2D eigenvalue weighted by Gasteiger charge is 2.47. The molecule has 5 heteroatoms. The van der Waals surface area contributed by atoms with Gasteiger partial charge in [0.2, 0.25) is 5.91 Å². The number of carbonyl (C=O) groups is 2. The molecule has 5 nitrogen and oxygen atoms in total. The van der Waals surface area contributed by atoms with Gasteiger partial charge in [-0.25, -0.2) is 4.79 Å². The van der Waals surface area contributed by atoms with E-state index in [1.165, 1.54) is 4.90 Å². The van der Waals surface area contributed by atoms with E-state index in [2.05, 4.69) is 12.2 Å². The average molecular weight is 394 g/mol. The van der Waals surface area contributed by atoms with Gasteiger partial charge in [-0.05, 0) is 24.5 Å². The van der Waals surface area contributed by atoms with Gasteiger partial charge in [-0.1, -0.05) is 80.4 Å². The second-order valence-corrected chi connectivity index (χ2v) is 7.76. The van der Waals surface area contributed by atoms with Crippen molar-refractivity contribution in [1.29, 1.82) is 0 Å². The summed E-state index contributed by atoms with van der Waals surface area (Å²) in [6, 6.07) is 18.9. The molecule has 1 aliphatic rings. The molecular formula is C24H31N3O2. The molecule has 2 aromatic rings. The van der Waals surface area contributed by atoms with E-state index in [4.69, 9.17) is 0 Å². The van der Waals surface area contributed by atoms with E-state index < -0.39 is 0 Å². The third-order valence-electron chi connectivity index (χ3n) is 5.77. The molecule has 0 bridgehead atoms. The Morgan fingerprint density at radius 2 is 1.69 bits per heavy atom. The lowest BCUT2D eigenvalue weighted by molar-refractivity contribution is -0.132. The summed E-state index contributed by atoms with van der Waals surface area (Å²) in [5.41, 5.74) is 2.11. The molecule has 3 atom stereocenters. The number of carbonyl (C=O) groups excluding carboxylic acids is 2. The number of amides is 3. The maximum atomic E-state index is 13.6. The minimum Gasteiger partial charge on any atom is -0.322 e. The first-order valence-corrected chi connectivity index (χ1v) is 10.5. The number of likely N-dealkylation sites (N-methyl/N-ethyl adjacent to an activating group) is 1. The Morgan fingerprint density at radius 1 is 1.07 bits per heavy atom. The average Bonchev–Trinajstić information content (AvgIpc) is 2.98. The number of urea groups is 1. The van der Waals surface area contributed by atoms with Gasteiger partial charge in [0.25, 0.3) is 0 Å². The minimum absolute atomic E-state index is 0.0743. The highest BCUT2D eigenvalue weighted by molar-refractivity contribution is 5.99. The fourth-order valence-corrected chi connectivity index (χ4v) is 3.93. The van der Waals surface area contributed by atoms with Gasteiger partial charge in [0.05, 0.1) is 18.1 Å². The van der Waals surface area contributed by atoms with E-state index in [0.717, 1.165) is 24.0 Å². The van der Waals surface area contributed by atoms with Gasteiger partial charge >= 0.3 is 6.03 Å². The van der Waals surface area contributed by atoms with Crippen LogP contribution in [0, 0.1) is 0 Å². The predicted octanol–water partition coefficient (Wildman–Crippen LogP) is 4.36. The van der Waals surface area contributed by atoms with Crippen LogP contribution in [0.5, 0.6) is 0 Å². The molecule has 0 spiro atoms. The molecule has 2 aromatic carbocycles. The van der Waals surface area contributed by atoms with E-state index in [1.54, 1.807) is 11.9 Å². The molecule has 0 aliphatic carbocycles. The predicted molar refractivity (Wildman–Crippen MR) is 115 cm³/mol.